The van der Waals surface area contributed by atoms with Crippen molar-refractivity contribution in [2.75, 3.05) is 11.9 Å². The van der Waals surface area contributed by atoms with Crippen molar-refractivity contribution in [1.82, 2.24) is 20.5 Å². The number of benzene rings is 2. The van der Waals surface area contributed by atoms with Crippen LogP contribution in [0.2, 0.25) is 0 Å². The van der Waals surface area contributed by atoms with Crippen molar-refractivity contribution in [3.63, 3.8) is 0 Å². The molecular formula is C22H21N5O2. The van der Waals surface area contributed by atoms with Gasteiger partial charge in [0.25, 0.3) is 5.91 Å². The second-order valence-corrected chi connectivity index (χ2v) is 7.70. The van der Waals surface area contributed by atoms with Gasteiger partial charge < -0.3 is 15.2 Å². The smallest absolute Gasteiger partial charge is 0.289 e. The van der Waals surface area contributed by atoms with Gasteiger partial charge >= 0.3 is 0 Å². The van der Waals surface area contributed by atoms with Gasteiger partial charge in [-0.3, -0.25) is 9.59 Å². The normalized spacial score (nSPS) is 22.4. The van der Waals surface area contributed by atoms with Gasteiger partial charge in [0.05, 0.1) is 0 Å². The van der Waals surface area contributed by atoms with Crippen molar-refractivity contribution in [3.8, 4) is 0 Å². The second-order valence-electron chi connectivity index (χ2n) is 7.70. The zero-order chi connectivity index (χ0) is 20.0. The third-order valence-electron chi connectivity index (χ3n) is 5.81. The number of para-hydroxylation sites is 1. The Balaban J connectivity index is 1.32. The summed E-state index contributed by atoms with van der Waals surface area (Å²) in [5.41, 5.74) is 3.18. The van der Waals surface area contributed by atoms with Gasteiger partial charge in [-0.1, -0.05) is 48.5 Å². The lowest BCUT2D eigenvalue weighted by Gasteiger charge is -2.23. The predicted octanol–water partition coefficient (Wildman–Crippen LogP) is 2.27. The SMILES string of the molecule is CN1C(=O)[C@H](NC(=O)c2nnc(Cc3ccccc3)[nH]2)[C@H]2C[C@H]2c2ccccc21. The van der Waals surface area contributed by atoms with Crippen LogP contribution >= 0.6 is 0 Å². The minimum Gasteiger partial charge on any atom is -0.337 e. The maximum atomic E-state index is 13.0. The van der Waals surface area contributed by atoms with E-state index in [0.29, 0.717) is 18.2 Å². The van der Waals surface area contributed by atoms with Gasteiger partial charge in [-0.15, -0.1) is 10.2 Å². The molecule has 7 heteroatoms. The summed E-state index contributed by atoms with van der Waals surface area (Å²) in [6, 6.07) is 17.2. The van der Waals surface area contributed by atoms with Crippen molar-refractivity contribution < 1.29 is 9.59 Å². The molecule has 1 aromatic heterocycles. The first kappa shape index (κ1) is 17.6. The van der Waals surface area contributed by atoms with E-state index in [1.165, 1.54) is 5.56 Å². The Labute approximate surface area is 168 Å². The molecule has 1 aliphatic heterocycles. The molecule has 146 valence electrons. The standard InChI is InChI=1S/C22H21N5O2/c1-27-17-10-6-5-9-14(17)15-12-16(15)19(22(27)29)24-21(28)20-23-18(25-26-20)11-13-7-3-2-4-8-13/h2-10,15-16,19H,11-12H2,1H3,(H,24,28)(H,23,25,26)/t15-,16-,19+/m0/s1. The van der Waals surface area contributed by atoms with Crippen molar-refractivity contribution in [2.24, 2.45) is 5.92 Å². The van der Waals surface area contributed by atoms with Crippen LogP contribution < -0.4 is 10.2 Å². The fourth-order valence-corrected chi connectivity index (χ4v) is 4.20. The number of H-pyrrole nitrogens is 1. The zero-order valence-corrected chi connectivity index (χ0v) is 16.0. The number of hydrogen-bond donors (Lipinski definition) is 2. The minimum atomic E-state index is -0.562. The van der Waals surface area contributed by atoms with Gasteiger partial charge in [0, 0.05) is 19.2 Å². The monoisotopic (exact) mass is 387 g/mol. The van der Waals surface area contributed by atoms with Gasteiger partial charge in [-0.2, -0.15) is 0 Å². The Hall–Kier alpha value is -3.48. The van der Waals surface area contributed by atoms with Crippen LogP contribution in [0.3, 0.4) is 0 Å². The largest absolute Gasteiger partial charge is 0.337 e. The molecule has 0 radical (unpaired) electrons. The lowest BCUT2D eigenvalue weighted by molar-refractivity contribution is -0.120. The number of aromatic nitrogens is 3. The Kier molecular flexibility index (Phi) is 4.16. The molecule has 7 nitrogen and oxygen atoms in total. The van der Waals surface area contributed by atoms with E-state index in [4.69, 9.17) is 0 Å². The number of anilines is 1. The first-order valence-electron chi connectivity index (χ1n) is 9.74. The number of hydrogen-bond acceptors (Lipinski definition) is 4. The third-order valence-corrected chi connectivity index (χ3v) is 5.81. The molecule has 5 rings (SSSR count). The first-order chi connectivity index (χ1) is 14.1. The number of fused-ring (bicyclic) bond motifs is 3. The lowest BCUT2D eigenvalue weighted by atomic mass is 10.1. The number of likely N-dealkylation sites (N-methyl/N-ethyl adjacent to an activating group) is 1. The van der Waals surface area contributed by atoms with E-state index in [1.54, 1.807) is 11.9 Å². The summed E-state index contributed by atoms with van der Waals surface area (Å²) in [6.45, 7) is 0. The number of carbonyl (C=O) groups is 2. The van der Waals surface area contributed by atoms with E-state index >= 15 is 0 Å². The molecule has 0 spiro atoms. The number of nitrogens with one attached hydrogen (secondary N) is 2. The van der Waals surface area contributed by atoms with Crippen LogP contribution in [0.25, 0.3) is 0 Å². The van der Waals surface area contributed by atoms with Gasteiger partial charge in [-0.05, 0) is 35.4 Å². The maximum Gasteiger partial charge on any atom is 0.289 e. The highest BCUT2D eigenvalue weighted by molar-refractivity contribution is 6.03. The Morgan fingerprint density at radius 3 is 2.72 bits per heavy atom. The summed E-state index contributed by atoms with van der Waals surface area (Å²) >= 11 is 0. The van der Waals surface area contributed by atoms with E-state index in [1.807, 2.05) is 48.5 Å². The number of rotatable bonds is 4. The van der Waals surface area contributed by atoms with E-state index in [-0.39, 0.29) is 17.6 Å². The Morgan fingerprint density at radius 2 is 1.90 bits per heavy atom. The second kappa shape index (κ2) is 6.84. The molecule has 2 N–H and O–H groups in total. The Bertz CT molecular complexity index is 1080. The molecule has 1 aliphatic carbocycles. The maximum absolute atomic E-state index is 13.0. The molecule has 3 atom stereocenters. The van der Waals surface area contributed by atoms with Crippen LogP contribution in [0.1, 0.15) is 39.9 Å². The number of amides is 2. The molecule has 2 aliphatic rings. The highest BCUT2D eigenvalue weighted by Gasteiger charge is 2.51. The summed E-state index contributed by atoms with van der Waals surface area (Å²) in [7, 11) is 1.76. The van der Waals surface area contributed by atoms with Crippen LogP contribution in [0.5, 0.6) is 0 Å². The first-order valence-corrected chi connectivity index (χ1v) is 9.74. The van der Waals surface area contributed by atoms with Crippen LogP contribution in [-0.2, 0) is 11.2 Å². The summed E-state index contributed by atoms with van der Waals surface area (Å²) in [6.07, 6.45) is 1.46. The number of carbonyl (C=O) groups excluding carboxylic acids is 2. The summed E-state index contributed by atoms with van der Waals surface area (Å²) in [5, 5.41) is 11.0. The van der Waals surface area contributed by atoms with Crippen molar-refractivity contribution in [3.05, 3.63) is 77.4 Å². The molecule has 2 heterocycles. The number of nitrogens with zero attached hydrogens (tertiary/aromatic N) is 3. The molecule has 0 saturated heterocycles. The molecule has 0 unspecified atom stereocenters. The lowest BCUT2D eigenvalue weighted by Crippen LogP contribution is -2.48. The molecule has 0 bridgehead atoms. The quantitative estimate of drug-likeness (QED) is 0.719. The van der Waals surface area contributed by atoms with Gasteiger partial charge in [0.2, 0.25) is 11.7 Å². The van der Waals surface area contributed by atoms with Crippen LogP contribution in [0.15, 0.2) is 54.6 Å². The highest BCUT2D eigenvalue weighted by atomic mass is 16.2. The van der Waals surface area contributed by atoms with Gasteiger partial charge in [0.15, 0.2) is 0 Å². The molecule has 3 aromatic rings. The topological polar surface area (TPSA) is 91.0 Å². The summed E-state index contributed by atoms with van der Waals surface area (Å²) < 4.78 is 0. The Morgan fingerprint density at radius 1 is 1.14 bits per heavy atom. The minimum absolute atomic E-state index is 0.0974. The molecule has 2 amide bonds. The van der Waals surface area contributed by atoms with Crippen LogP contribution in [0, 0.1) is 5.92 Å². The molecule has 2 aromatic carbocycles. The van der Waals surface area contributed by atoms with Gasteiger partial charge in [-0.25, -0.2) is 0 Å². The summed E-state index contributed by atoms with van der Waals surface area (Å²) in [5.74, 6) is 0.658. The molecule has 29 heavy (non-hydrogen) atoms. The fourth-order valence-electron chi connectivity index (χ4n) is 4.20. The van der Waals surface area contributed by atoms with Crippen molar-refractivity contribution >= 4 is 17.5 Å². The fraction of sp³-hybridized carbons (Fsp3) is 0.273. The molecule has 1 fully saturated rings. The predicted molar refractivity (Wildman–Crippen MR) is 108 cm³/mol. The van der Waals surface area contributed by atoms with E-state index in [9.17, 15) is 9.59 Å². The van der Waals surface area contributed by atoms with E-state index < -0.39 is 11.9 Å². The van der Waals surface area contributed by atoms with Gasteiger partial charge in [0.1, 0.15) is 11.9 Å². The number of aromatic amines is 1. The summed E-state index contributed by atoms with van der Waals surface area (Å²) in [4.78, 5) is 30.4. The van der Waals surface area contributed by atoms with Crippen molar-refractivity contribution in [1.29, 1.82) is 0 Å². The molecular weight excluding hydrogens is 366 g/mol. The molecule has 1 saturated carbocycles. The van der Waals surface area contributed by atoms with Crippen LogP contribution in [0.4, 0.5) is 5.69 Å². The zero-order valence-electron chi connectivity index (χ0n) is 16.0. The van der Waals surface area contributed by atoms with Crippen LogP contribution in [-0.4, -0.2) is 40.1 Å². The van der Waals surface area contributed by atoms with E-state index in [0.717, 1.165) is 17.7 Å². The third kappa shape index (κ3) is 3.18. The average Bonchev–Trinajstić information content (AvgIpc) is 3.41. The van der Waals surface area contributed by atoms with E-state index in [2.05, 4.69) is 26.6 Å². The average molecular weight is 387 g/mol. The highest BCUT2D eigenvalue weighted by Crippen LogP contribution is 2.54. The van der Waals surface area contributed by atoms with Crippen molar-refractivity contribution in [2.45, 2.75) is 24.8 Å².